The van der Waals surface area contributed by atoms with Gasteiger partial charge in [-0.05, 0) is 69.2 Å². The minimum absolute atomic E-state index is 0.354. The van der Waals surface area contributed by atoms with E-state index in [1.54, 1.807) is 7.11 Å². The normalized spacial score (nSPS) is 11.1. The van der Waals surface area contributed by atoms with Crippen LogP contribution in [0.5, 0.6) is 5.75 Å². The maximum atomic E-state index is 11.7. The van der Waals surface area contributed by atoms with E-state index in [2.05, 4.69) is 35.6 Å². The molecule has 2 aromatic rings. The molecule has 1 N–H and O–H groups in total. The molecule has 4 heteroatoms. The number of nitrogens with one attached hydrogen (secondary N) is 1. The van der Waals surface area contributed by atoms with E-state index in [4.69, 9.17) is 9.47 Å². The standard InChI is InChI=1S/C23H31NO3/c1-23(2,3)27-22(25)24-16-8-11-18-9-7-10-19(17-18)14-15-20-12-5-6-13-21(20)26-4/h5-7,9-10,12-13,17H,8,11,14-16H2,1-4H3,(H,24,25). The number of hydrogen-bond donors (Lipinski definition) is 1. The fourth-order valence-electron chi connectivity index (χ4n) is 2.93. The van der Waals surface area contributed by atoms with E-state index in [0.29, 0.717) is 6.54 Å². The molecule has 146 valence electrons. The third-order valence-corrected chi connectivity index (χ3v) is 4.18. The molecule has 0 spiro atoms. The minimum atomic E-state index is -0.458. The summed E-state index contributed by atoms with van der Waals surface area (Å²) in [6, 6.07) is 16.8. The van der Waals surface area contributed by atoms with Gasteiger partial charge in [0.15, 0.2) is 0 Å². The van der Waals surface area contributed by atoms with Gasteiger partial charge in [0, 0.05) is 6.54 Å². The van der Waals surface area contributed by atoms with Crippen LogP contribution in [0.2, 0.25) is 0 Å². The van der Waals surface area contributed by atoms with E-state index in [1.807, 2.05) is 39.0 Å². The van der Waals surface area contributed by atoms with Gasteiger partial charge in [-0.25, -0.2) is 4.79 Å². The zero-order valence-corrected chi connectivity index (χ0v) is 16.9. The number of para-hydroxylation sites is 1. The molecule has 0 aliphatic rings. The Morgan fingerprint density at radius 2 is 1.67 bits per heavy atom. The quantitative estimate of drug-likeness (QED) is 0.671. The van der Waals surface area contributed by atoms with Gasteiger partial charge >= 0.3 is 6.09 Å². The Labute approximate surface area is 162 Å². The van der Waals surface area contributed by atoms with Crippen molar-refractivity contribution in [2.75, 3.05) is 13.7 Å². The average molecular weight is 370 g/mol. The topological polar surface area (TPSA) is 47.6 Å². The van der Waals surface area contributed by atoms with Crippen molar-refractivity contribution in [1.29, 1.82) is 0 Å². The molecule has 0 fully saturated rings. The molecule has 0 aliphatic heterocycles. The van der Waals surface area contributed by atoms with E-state index in [1.165, 1.54) is 16.7 Å². The van der Waals surface area contributed by atoms with Crippen molar-refractivity contribution in [2.24, 2.45) is 0 Å². The van der Waals surface area contributed by atoms with Gasteiger partial charge in [0.25, 0.3) is 0 Å². The lowest BCUT2D eigenvalue weighted by atomic mass is 10.0. The van der Waals surface area contributed by atoms with Crippen LogP contribution in [-0.2, 0) is 24.0 Å². The maximum Gasteiger partial charge on any atom is 0.407 e. The second-order valence-corrected chi connectivity index (χ2v) is 7.66. The number of alkyl carbamates (subject to hydrolysis) is 1. The molecular formula is C23H31NO3. The Morgan fingerprint density at radius 3 is 2.37 bits per heavy atom. The van der Waals surface area contributed by atoms with Crippen LogP contribution in [0.25, 0.3) is 0 Å². The Balaban J connectivity index is 1.79. The fourth-order valence-corrected chi connectivity index (χ4v) is 2.93. The second-order valence-electron chi connectivity index (χ2n) is 7.66. The molecule has 0 saturated carbocycles. The Hall–Kier alpha value is -2.49. The van der Waals surface area contributed by atoms with E-state index in [9.17, 15) is 4.79 Å². The summed E-state index contributed by atoms with van der Waals surface area (Å²) in [5.74, 6) is 0.946. The SMILES string of the molecule is COc1ccccc1CCc1cccc(CCCNC(=O)OC(C)(C)C)c1. The highest BCUT2D eigenvalue weighted by Crippen LogP contribution is 2.20. The highest BCUT2D eigenvalue weighted by atomic mass is 16.6. The molecule has 0 bridgehead atoms. The van der Waals surface area contributed by atoms with Crippen LogP contribution >= 0.6 is 0 Å². The molecular weight excluding hydrogens is 338 g/mol. The van der Waals surface area contributed by atoms with Crippen molar-refractivity contribution >= 4 is 6.09 Å². The summed E-state index contributed by atoms with van der Waals surface area (Å²) in [7, 11) is 1.71. The Morgan fingerprint density at radius 1 is 0.963 bits per heavy atom. The predicted octanol–water partition coefficient (Wildman–Crippen LogP) is 4.94. The van der Waals surface area contributed by atoms with Crippen LogP contribution in [0.4, 0.5) is 4.79 Å². The van der Waals surface area contributed by atoms with Gasteiger partial charge < -0.3 is 14.8 Å². The summed E-state index contributed by atoms with van der Waals surface area (Å²) in [4.78, 5) is 11.7. The van der Waals surface area contributed by atoms with Crippen LogP contribution in [0.3, 0.4) is 0 Å². The zero-order valence-electron chi connectivity index (χ0n) is 16.9. The molecule has 0 saturated heterocycles. The Kier molecular flexibility index (Phi) is 7.71. The van der Waals surface area contributed by atoms with Crippen LogP contribution in [0.1, 0.15) is 43.9 Å². The number of carbonyl (C=O) groups is 1. The second kappa shape index (κ2) is 10.0. The number of methoxy groups -OCH3 is 1. The third-order valence-electron chi connectivity index (χ3n) is 4.18. The first-order chi connectivity index (χ1) is 12.9. The van der Waals surface area contributed by atoms with Crippen LogP contribution in [-0.4, -0.2) is 25.3 Å². The van der Waals surface area contributed by atoms with Gasteiger partial charge in [0.05, 0.1) is 7.11 Å². The lowest BCUT2D eigenvalue weighted by Gasteiger charge is -2.19. The highest BCUT2D eigenvalue weighted by Gasteiger charge is 2.15. The smallest absolute Gasteiger partial charge is 0.407 e. The van der Waals surface area contributed by atoms with Gasteiger partial charge in [-0.15, -0.1) is 0 Å². The van der Waals surface area contributed by atoms with Crippen molar-refractivity contribution in [2.45, 2.75) is 52.1 Å². The number of rotatable bonds is 8. The van der Waals surface area contributed by atoms with Gasteiger partial charge in [-0.1, -0.05) is 42.5 Å². The largest absolute Gasteiger partial charge is 0.496 e. The summed E-state index contributed by atoms with van der Waals surface area (Å²) in [6.45, 7) is 6.20. The van der Waals surface area contributed by atoms with Crippen molar-refractivity contribution in [1.82, 2.24) is 5.32 Å². The van der Waals surface area contributed by atoms with E-state index < -0.39 is 5.60 Å². The van der Waals surface area contributed by atoms with Crippen LogP contribution in [0.15, 0.2) is 48.5 Å². The van der Waals surface area contributed by atoms with Crippen molar-refractivity contribution in [3.05, 3.63) is 65.2 Å². The van der Waals surface area contributed by atoms with Gasteiger partial charge in [-0.3, -0.25) is 0 Å². The van der Waals surface area contributed by atoms with E-state index in [-0.39, 0.29) is 6.09 Å². The minimum Gasteiger partial charge on any atom is -0.496 e. The fraction of sp³-hybridized carbons (Fsp3) is 0.435. The summed E-state index contributed by atoms with van der Waals surface area (Å²) >= 11 is 0. The summed E-state index contributed by atoms with van der Waals surface area (Å²) < 4.78 is 10.7. The number of benzene rings is 2. The molecule has 0 atom stereocenters. The molecule has 0 radical (unpaired) electrons. The lowest BCUT2D eigenvalue weighted by molar-refractivity contribution is 0.0527. The first-order valence-electron chi connectivity index (χ1n) is 9.54. The molecule has 0 aromatic heterocycles. The van der Waals surface area contributed by atoms with E-state index in [0.717, 1.165) is 31.4 Å². The van der Waals surface area contributed by atoms with Crippen LogP contribution in [0, 0.1) is 0 Å². The number of aryl methyl sites for hydroxylation is 3. The van der Waals surface area contributed by atoms with Crippen molar-refractivity contribution in [3.8, 4) is 5.75 Å². The van der Waals surface area contributed by atoms with Crippen molar-refractivity contribution in [3.63, 3.8) is 0 Å². The van der Waals surface area contributed by atoms with Gasteiger partial charge in [-0.2, -0.15) is 0 Å². The predicted molar refractivity (Wildman–Crippen MR) is 109 cm³/mol. The van der Waals surface area contributed by atoms with Crippen LogP contribution < -0.4 is 10.1 Å². The number of amides is 1. The number of ether oxygens (including phenoxy) is 2. The molecule has 2 aromatic carbocycles. The average Bonchev–Trinajstić information content (AvgIpc) is 2.63. The summed E-state index contributed by atoms with van der Waals surface area (Å²) in [6.07, 6.45) is 3.39. The first-order valence-corrected chi connectivity index (χ1v) is 9.54. The van der Waals surface area contributed by atoms with Gasteiger partial charge in [0.2, 0.25) is 0 Å². The van der Waals surface area contributed by atoms with E-state index >= 15 is 0 Å². The molecule has 4 nitrogen and oxygen atoms in total. The Bertz CT molecular complexity index is 734. The molecule has 27 heavy (non-hydrogen) atoms. The lowest BCUT2D eigenvalue weighted by Crippen LogP contribution is -2.33. The molecule has 2 rings (SSSR count). The zero-order chi connectivity index (χ0) is 19.7. The third kappa shape index (κ3) is 7.73. The highest BCUT2D eigenvalue weighted by molar-refractivity contribution is 5.67. The first kappa shape index (κ1) is 20.8. The molecule has 0 aliphatic carbocycles. The maximum absolute atomic E-state index is 11.7. The monoisotopic (exact) mass is 369 g/mol. The summed E-state index contributed by atoms with van der Waals surface area (Å²) in [5.41, 5.74) is 3.38. The summed E-state index contributed by atoms with van der Waals surface area (Å²) in [5, 5.41) is 2.81. The number of carbonyl (C=O) groups excluding carboxylic acids is 1. The number of hydrogen-bond acceptors (Lipinski definition) is 3. The van der Waals surface area contributed by atoms with Crippen molar-refractivity contribution < 1.29 is 14.3 Å². The van der Waals surface area contributed by atoms with Gasteiger partial charge in [0.1, 0.15) is 11.4 Å². The molecule has 0 heterocycles. The molecule has 0 unspecified atom stereocenters. The molecule has 1 amide bonds.